The Morgan fingerprint density at radius 3 is 2.00 bits per heavy atom. The Balaban J connectivity index is 0.000000561. The van der Waals surface area contributed by atoms with Gasteiger partial charge in [0.25, 0.3) is 0 Å². The number of rotatable bonds is 1. The van der Waals surface area contributed by atoms with Crippen molar-refractivity contribution < 1.29 is 4.74 Å². The number of hydrogen-bond acceptors (Lipinski definition) is 2. The van der Waals surface area contributed by atoms with Gasteiger partial charge in [0.1, 0.15) is 0 Å². The highest BCUT2D eigenvalue weighted by Crippen LogP contribution is 2.24. The lowest BCUT2D eigenvalue weighted by molar-refractivity contribution is 0.0635. The summed E-state index contributed by atoms with van der Waals surface area (Å²) < 4.78 is 5.17. The number of nitriles is 1. The Morgan fingerprint density at radius 1 is 1.17 bits per heavy atom. The molecular weight excluding hydrogens is 150 g/mol. The molecule has 0 radical (unpaired) electrons. The molecule has 0 atom stereocenters. The van der Waals surface area contributed by atoms with Crippen molar-refractivity contribution in [1.29, 1.82) is 5.26 Å². The van der Waals surface area contributed by atoms with Gasteiger partial charge in [-0.25, -0.2) is 0 Å². The molecule has 0 aromatic rings. The van der Waals surface area contributed by atoms with Gasteiger partial charge in [0.05, 0.1) is 12.2 Å². The monoisotopic (exact) mass is 169 g/mol. The maximum absolute atomic E-state index is 8.56. The van der Waals surface area contributed by atoms with Crippen molar-refractivity contribution in [3.05, 3.63) is 0 Å². The summed E-state index contributed by atoms with van der Waals surface area (Å²) in [7, 11) is 1.75. The van der Waals surface area contributed by atoms with Crippen molar-refractivity contribution in [2.45, 2.75) is 45.6 Å². The smallest absolute Gasteiger partial charge is 0.0655 e. The second kappa shape index (κ2) is 7.12. The fraction of sp³-hybridized carbons (Fsp3) is 0.900. The molecule has 0 aliphatic heterocycles. The second-order valence-corrected chi connectivity index (χ2v) is 2.84. The fourth-order valence-electron chi connectivity index (χ4n) is 1.43. The number of nitrogens with zero attached hydrogens (tertiary/aromatic N) is 1. The van der Waals surface area contributed by atoms with Crippen LogP contribution >= 0.6 is 0 Å². The van der Waals surface area contributed by atoms with Crippen molar-refractivity contribution >= 4 is 0 Å². The first-order chi connectivity index (χ1) is 5.86. The van der Waals surface area contributed by atoms with Gasteiger partial charge in [0.2, 0.25) is 0 Å². The van der Waals surface area contributed by atoms with Crippen LogP contribution in [-0.4, -0.2) is 13.2 Å². The molecule has 0 saturated heterocycles. The van der Waals surface area contributed by atoms with E-state index in [0.717, 1.165) is 25.7 Å². The summed E-state index contributed by atoms with van der Waals surface area (Å²) in [5.74, 6) is 0.298. The predicted octanol–water partition coefficient (Wildman–Crippen LogP) is 2.74. The molecule has 0 bridgehead atoms. The van der Waals surface area contributed by atoms with E-state index >= 15 is 0 Å². The first-order valence-electron chi connectivity index (χ1n) is 4.79. The van der Waals surface area contributed by atoms with Gasteiger partial charge in [-0.05, 0) is 25.7 Å². The third-order valence-electron chi connectivity index (χ3n) is 2.19. The molecule has 0 amide bonds. The van der Waals surface area contributed by atoms with Crippen LogP contribution in [0.1, 0.15) is 39.5 Å². The Kier molecular flexibility index (Phi) is 6.79. The molecule has 12 heavy (non-hydrogen) atoms. The molecule has 1 saturated carbocycles. The summed E-state index contributed by atoms with van der Waals surface area (Å²) in [6.07, 6.45) is 4.60. The largest absolute Gasteiger partial charge is 0.381 e. The molecule has 1 aliphatic carbocycles. The van der Waals surface area contributed by atoms with Crippen LogP contribution in [0.3, 0.4) is 0 Å². The molecule has 0 heterocycles. The van der Waals surface area contributed by atoms with Gasteiger partial charge < -0.3 is 4.74 Å². The van der Waals surface area contributed by atoms with E-state index in [1.165, 1.54) is 0 Å². The van der Waals surface area contributed by atoms with E-state index in [1.54, 1.807) is 7.11 Å². The summed E-state index contributed by atoms with van der Waals surface area (Å²) in [6.45, 7) is 4.00. The van der Waals surface area contributed by atoms with E-state index in [0.29, 0.717) is 12.0 Å². The van der Waals surface area contributed by atoms with Gasteiger partial charge in [-0.2, -0.15) is 5.26 Å². The number of methoxy groups -OCH3 is 1. The number of hydrogen-bond donors (Lipinski definition) is 0. The SMILES string of the molecule is CC.COC1CCC(C#N)CC1. The van der Waals surface area contributed by atoms with Crippen LogP contribution in [0.5, 0.6) is 0 Å². The van der Waals surface area contributed by atoms with E-state index in [1.807, 2.05) is 13.8 Å². The van der Waals surface area contributed by atoms with E-state index in [9.17, 15) is 0 Å². The van der Waals surface area contributed by atoms with Crippen LogP contribution in [0.25, 0.3) is 0 Å². The van der Waals surface area contributed by atoms with Gasteiger partial charge >= 0.3 is 0 Å². The molecule has 0 aromatic heterocycles. The van der Waals surface area contributed by atoms with Crippen molar-refractivity contribution in [3.63, 3.8) is 0 Å². The Hall–Kier alpha value is -0.550. The molecule has 0 spiro atoms. The van der Waals surface area contributed by atoms with Gasteiger partial charge in [-0.15, -0.1) is 0 Å². The zero-order valence-corrected chi connectivity index (χ0v) is 8.34. The quantitative estimate of drug-likeness (QED) is 0.604. The lowest BCUT2D eigenvalue weighted by Crippen LogP contribution is -2.19. The minimum atomic E-state index is 0.298. The minimum absolute atomic E-state index is 0.298. The summed E-state index contributed by atoms with van der Waals surface area (Å²) in [5.41, 5.74) is 0. The maximum Gasteiger partial charge on any atom is 0.0655 e. The van der Waals surface area contributed by atoms with E-state index < -0.39 is 0 Å². The van der Waals surface area contributed by atoms with Crippen molar-refractivity contribution in [3.8, 4) is 6.07 Å². The summed E-state index contributed by atoms with van der Waals surface area (Å²) in [6, 6.07) is 2.29. The van der Waals surface area contributed by atoms with Crippen LogP contribution in [0.15, 0.2) is 0 Å². The first kappa shape index (κ1) is 11.4. The molecule has 2 heteroatoms. The van der Waals surface area contributed by atoms with Gasteiger partial charge in [-0.3, -0.25) is 0 Å². The molecule has 0 unspecified atom stereocenters. The van der Waals surface area contributed by atoms with E-state index in [2.05, 4.69) is 6.07 Å². The van der Waals surface area contributed by atoms with Crippen LogP contribution in [0, 0.1) is 17.2 Å². The van der Waals surface area contributed by atoms with Crippen LogP contribution in [0.2, 0.25) is 0 Å². The molecule has 2 nitrogen and oxygen atoms in total. The molecule has 70 valence electrons. The van der Waals surface area contributed by atoms with Gasteiger partial charge in [0, 0.05) is 13.0 Å². The van der Waals surface area contributed by atoms with Crippen LogP contribution in [-0.2, 0) is 4.74 Å². The Labute approximate surface area is 75.5 Å². The highest BCUT2D eigenvalue weighted by Gasteiger charge is 2.19. The summed E-state index contributed by atoms with van der Waals surface area (Å²) in [4.78, 5) is 0. The normalized spacial score (nSPS) is 28.2. The standard InChI is InChI=1S/C8H13NO.C2H6/c1-10-8-4-2-7(6-9)3-5-8;1-2/h7-8H,2-5H2,1H3;1-2H3. The molecular formula is C10H19NO. The van der Waals surface area contributed by atoms with Gasteiger partial charge in [-0.1, -0.05) is 13.8 Å². The molecule has 1 fully saturated rings. The second-order valence-electron chi connectivity index (χ2n) is 2.84. The van der Waals surface area contributed by atoms with E-state index in [4.69, 9.17) is 10.00 Å². The molecule has 0 aromatic carbocycles. The average Bonchev–Trinajstić information content (AvgIpc) is 2.21. The first-order valence-corrected chi connectivity index (χ1v) is 4.79. The van der Waals surface area contributed by atoms with Crippen molar-refractivity contribution in [2.75, 3.05) is 7.11 Å². The Bertz CT molecular complexity index is 131. The third kappa shape index (κ3) is 3.73. The fourth-order valence-corrected chi connectivity index (χ4v) is 1.43. The molecule has 1 rings (SSSR count). The van der Waals surface area contributed by atoms with Gasteiger partial charge in [0.15, 0.2) is 0 Å². The summed E-state index contributed by atoms with van der Waals surface area (Å²) in [5, 5.41) is 8.56. The summed E-state index contributed by atoms with van der Waals surface area (Å²) >= 11 is 0. The predicted molar refractivity (Wildman–Crippen MR) is 49.7 cm³/mol. The van der Waals surface area contributed by atoms with Crippen LogP contribution in [0.4, 0.5) is 0 Å². The average molecular weight is 169 g/mol. The third-order valence-corrected chi connectivity index (χ3v) is 2.19. The molecule has 0 N–H and O–H groups in total. The lowest BCUT2D eigenvalue weighted by Gasteiger charge is -2.22. The zero-order chi connectivity index (χ0) is 9.40. The van der Waals surface area contributed by atoms with Crippen molar-refractivity contribution in [1.82, 2.24) is 0 Å². The lowest BCUT2D eigenvalue weighted by atomic mass is 9.88. The zero-order valence-electron chi connectivity index (χ0n) is 8.34. The van der Waals surface area contributed by atoms with E-state index in [-0.39, 0.29) is 0 Å². The van der Waals surface area contributed by atoms with Crippen molar-refractivity contribution in [2.24, 2.45) is 5.92 Å². The maximum atomic E-state index is 8.56. The topological polar surface area (TPSA) is 33.0 Å². The molecule has 1 aliphatic rings. The number of ether oxygens (including phenoxy) is 1. The highest BCUT2D eigenvalue weighted by molar-refractivity contribution is 4.87. The highest BCUT2D eigenvalue weighted by atomic mass is 16.5. The van der Waals surface area contributed by atoms with Crippen LogP contribution < -0.4 is 0 Å². The Morgan fingerprint density at radius 2 is 1.67 bits per heavy atom. The minimum Gasteiger partial charge on any atom is -0.381 e.